The van der Waals surface area contributed by atoms with Gasteiger partial charge in [-0.25, -0.2) is 24.0 Å². The van der Waals surface area contributed by atoms with Crippen LogP contribution in [0.5, 0.6) is 5.75 Å². The number of ether oxygens (including phenoxy) is 2. The fraction of sp³-hybridized carbons (Fsp3) is 0.235. The fourth-order valence-corrected chi connectivity index (χ4v) is 5.78. The molecule has 6 rings (SSSR count). The van der Waals surface area contributed by atoms with Gasteiger partial charge in [-0.05, 0) is 48.0 Å². The van der Waals surface area contributed by atoms with E-state index >= 15 is 0 Å². The van der Waals surface area contributed by atoms with Gasteiger partial charge in [0.2, 0.25) is 0 Å². The number of methoxy groups -OCH3 is 1. The van der Waals surface area contributed by atoms with E-state index in [0.29, 0.717) is 42.4 Å². The van der Waals surface area contributed by atoms with Gasteiger partial charge in [0.05, 0.1) is 13.7 Å². The molecule has 0 fully saturated rings. The van der Waals surface area contributed by atoms with Crippen LogP contribution in [0.3, 0.4) is 0 Å². The molecule has 0 aliphatic carbocycles. The van der Waals surface area contributed by atoms with Crippen LogP contribution in [0.2, 0.25) is 25.7 Å². The zero-order chi connectivity index (χ0) is 30.7. The molecule has 0 saturated carbocycles. The van der Waals surface area contributed by atoms with Crippen molar-refractivity contribution in [3.8, 4) is 39.7 Å². The molecule has 224 valence electrons. The van der Waals surface area contributed by atoms with Crippen molar-refractivity contribution in [2.75, 3.05) is 13.7 Å². The van der Waals surface area contributed by atoms with Gasteiger partial charge in [-0.2, -0.15) is 5.10 Å². The zero-order valence-corrected chi connectivity index (χ0v) is 26.4. The number of halogens is 1. The molecule has 3 aromatic heterocycles. The average molecular weight is 607 g/mol. The zero-order valence-electron chi connectivity index (χ0n) is 25.4. The summed E-state index contributed by atoms with van der Waals surface area (Å²) >= 11 is 0. The van der Waals surface area contributed by atoms with Crippen LogP contribution in [-0.2, 0) is 18.0 Å². The van der Waals surface area contributed by atoms with Crippen LogP contribution in [0.1, 0.15) is 5.56 Å². The Morgan fingerprint density at radius 3 is 2.30 bits per heavy atom. The monoisotopic (exact) mass is 606 g/mol. The van der Waals surface area contributed by atoms with Crippen molar-refractivity contribution in [3.63, 3.8) is 0 Å². The first-order valence-electron chi connectivity index (χ1n) is 14.6. The lowest BCUT2D eigenvalue weighted by Gasteiger charge is -2.15. The molecule has 0 amide bonds. The maximum absolute atomic E-state index is 13.9. The molecule has 0 radical (unpaired) electrons. The van der Waals surface area contributed by atoms with E-state index in [1.165, 1.54) is 12.1 Å². The van der Waals surface area contributed by atoms with Crippen LogP contribution in [0.4, 0.5) is 4.39 Å². The lowest BCUT2D eigenvalue weighted by Crippen LogP contribution is -2.22. The van der Waals surface area contributed by atoms with Crippen molar-refractivity contribution < 1.29 is 13.9 Å². The Labute approximate surface area is 257 Å². The second-order valence-electron chi connectivity index (χ2n) is 11.9. The summed E-state index contributed by atoms with van der Waals surface area (Å²) in [6, 6.07) is 25.4. The number of fused-ring (bicyclic) bond motifs is 1. The third kappa shape index (κ3) is 6.46. The highest BCUT2D eigenvalue weighted by atomic mass is 28.3. The molecule has 10 heteroatoms. The first kappa shape index (κ1) is 29.4. The average Bonchev–Trinajstić information content (AvgIpc) is 3.62. The van der Waals surface area contributed by atoms with Crippen molar-refractivity contribution in [2.24, 2.45) is 0 Å². The highest BCUT2D eigenvalue weighted by Gasteiger charge is 2.23. The van der Waals surface area contributed by atoms with Gasteiger partial charge in [0.15, 0.2) is 5.65 Å². The van der Waals surface area contributed by atoms with Crippen molar-refractivity contribution in [1.29, 1.82) is 0 Å². The number of aromatic nitrogens is 6. The highest BCUT2D eigenvalue weighted by Crippen LogP contribution is 2.35. The lowest BCUT2D eigenvalue weighted by atomic mass is 10.1. The van der Waals surface area contributed by atoms with Crippen LogP contribution in [0.25, 0.3) is 45.1 Å². The molecule has 3 heterocycles. The van der Waals surface area contributed by atoms with Crippen molar-refractivity contribution in [3.05, 3.63) is 103 Å². The predicted octanol–water partition coefficient (Wildman–Crippen LogP) is 7.53. The number of hydrogen-bond acceptors (Lipinski definition) is 6. The summed E-state index contributed by atoms with van der Waals surface area (Å²) in [6.07, 6.45) is 3.49. The Hall–Kier alpha value is -4.67. The van der Waals surface area contributed by atoms with Crippen molar-refractivity contribution >= 4 is 19.2 Å². The summed E-state index contributed by atoms with van der Waals surface area (Å²) < 4.78 is 29.2. The molecule has 0 unspecified atom stereocenters. The van der Waals surface area contributed by atoms with E-state index in [2.05, 4.69) is 24.2 Å². The van der Waals surface area contributed by atoms with Crippen LogP contribution >= 0.6 is 0 Å². The standard InChI is InChI=1S/C34H35FN6O2Si/c1-42-28-16-10-24(11-17-28)20-41-33(26-8-6-5-7-9-26)38-32-31(36-22-37-34(32)41)29-21-40(23-43-18-19-44(2,3)4)39-30(29)25-12-14-27(35)15-13-25/h5-17,21-22H,18-20,23H2,1-4H3. The van der Waals surface area contributed by atoms with Crippen LogP contribution in [-0.4, -0.2) is 51.1 Å². The Morgan fingerprint density at radius 2 is 1.59 bits per heavy atom. The molecule has 0 bridgehead atoms. The van der Waals surface area contributed by atoms with E-state index in [-0.39, 0.29) is 5.82 Å². The molecule has 44 heavy (non-hydrogen) atoms. The van der Waals surface area contributed by atoms with Crippen LogP contribution < -0.4 is 4.74 Å². The number of benzene rings is 3. The Morgan fingerprint density at radius 1 is 0.841 bits per heavy atom. The lowest BCUT2D eigenvalue weighted by molar-refractivity contribution is 0.0788. The molecule has 0 aliphatic rings. The maximum atomic E-state index is 13.9. The summed E-state index contributed by atoms with van der Waals surface area (Å²) in [5.74, 6) is 1.27. The van der Waals surface area contributed by atoms with Gasteiger partial charge in [-0.15, -0.1) is 0 Å². The van der Waals surface area contributed by atoms with Gasteiger partial charge in [-0.3, -0.25) is 0 Å². The Bertz CT molecular complexity index is 1860. The molecule has 0 N–H and O–H groups in total. The van der Waals surface area contributed by atoms with Gasteiger partial charge in [-0.1, -0.05) is 62.1 Å². The Balaban J connectivity index is 1.47. The van der Waals surface area contributed by atoms with E-state index < -0.39 is 8.07 Å². The van der Waals surface area contributed by atoms with E-state index in [1.54, 1.807) is 30.3 Å². The summed E-state index contributed by atoms with van der Waals surface area (Å²) in [5.41, 5.74) is 6.27. The molecule has 6 aromatic rings. The second kappa shape index (κ2) is 12.5. The highest BCUT2D eigenvalue weighted by molar-refractivity contribution is 6.76. The van der Waals surface area contributed by atoms with Gasteiger partial charge in [0.25, 0.3) is 0 Å². The largest absolute Gasteiger partial charge is 0.497 e. The first-order valence-corrected chi connectivity index (χ1v) is 18.3. The summed E-state index contributed by atoms with van der Waals surface area (Å²) in [6.45, 7) is 8.50. The van der Waals surface area contributed by atoms with Crippen LogP contribution in [0, 0.1) is 5.82 Å². The minimum Gasteiger partial charge on any atom is -0.497 e. The molecular formula is C34H35FN6O2Si. The molecule has 0 spiro atoms. The van der Waals surface area contributed by atoms with E-state index in [4.69, 9.17) is 29.5 Å². The fourth-order valence-electron chi connectivity index (χ4n) is 5.02. The van der Waals surface area contributed by atoms with E-state index in [0.717, 1.165) is 39.9 Å². The number of nitrogens with zero attached hydrogens (tertiary/aromatic N) is 6. The minimum atomic E-state index is -1.23. The van der Waals surface area contributed by atoms with Crippen LogP contribution in [0.15, 0.2) is 91.4 Å². The topological polar surface area (TPSA) is 79.9 Å². The van der Waals surface area contributed by atoms with Crippen molar-refractivity contribution in [1.82, 2.24) is 29.3 Å². The first-order chi connectivity index (χ1) is 21.3. The number of imidazole rings is 1. The molecule has 3 aromatic carbocycles. The second-order valence-corrected chi connectivity index (χ2v) is 17.5. The quantitative estimate of drug-likeness (QED) is 0.112. The summed E-state index contributed by atoms with van der Waals surface area (Å²) in [5, 5.41) is 4.87. The van der Waals surface area contributed by atoms with E-state index in [9.17, 15) is 4.39 Å². The number of hydrogen-bond donors (Lipinski definition) is 0. The van der Waals surface area contributed by atoms with Gasteiger partial charge in [0, 0.05) is 37.6 Å². The molecule has 8 nitrogen and oxygen atoms in total. The smallest absolute Gasteiger partial charge is 0.164 e. The summed E-state index contributed by atoms with van der Waals surface area (Å²) in [4.78, 5) is 14.6. The predicted molar refractivity (Wildman–Crippen MR) is 174 cm³/mol. The van der Waals surface area contributed by atoms with Gasteiger partial charge < -0.3 is 14.0 Å². The van der Waals surface area contributed by atoms with Gasteiger partial charge >= 0.3 is 0 Å². The van der Waals surface area contributed by atoms with Gasteiger partial charge in [0.1, 0.15) is 47.4 Å². The van der Waals surface area contributed by atoms with Crippen molar-refractivity contribution in [2.45, 2.75) is 39.0 Å². The SMILES string of the molecule is COc1ccc(Cn2c(-c3ccccc3)nc3c(-c4cn(COCC[Si](C)(C)C)nc4-c4ccc(F)cc4)ncnc32)cc1. The third-order valence-corrected chi connectivity index (χ3v) is 9.12. The third-order valence-electron chi connectivity index (χ3n) is 7.42. The molecule has 0 saturated heterocycles. The molecule has 0 atom stereocenters. The molecular weight excluding hydrogens is 571 g/mol. The minimum absolute atomic E-state index is 0.300. The molecule has 0 aliphatic heterocycles. The Kier molecular flexibility index (Phi) is 8.36. The normalized spacial score (nSPS) is 11.8. The maximum Gasteiger partial charge on any atom is 0.164 e. The number of rotatable bonds is 11. The summed E-state index contributed by atoms with van der Waals surface area (Å²) in [7, 11) is 0.428. The van der Waals surface area contributed by atoms with E-state index in [1.807, 2.05) is 60.8 Å².